The minimum Gasteiger partial charge on any atom is -0.481 e. The van der Waals surface area contributed by atoms with E-state index in [1.54, 1.807) is 12.1 Å². The molecule has 166 valence electrons. The summed E-state index contributed by atoms with van der Waals surface area (Å²) in [4.78, 5) is 26.2. The molecule has 1 atom stereocenters. The highest BCUT2D eigenvalue weighted by Gasteiger charge is 2.27. The quantitative estimate of drug-likeness (QED) is 0.426. The molecular weight excluding hydrogens is 448 g/mol. The Hall–Kier alpha value is -2.69. The molecule has 31 heavy (non-hydrogen) atoms. The van der Waals surface area contributed by atoms with Gasteiger partial charge in [-0.25, -0.2) is 13.1 Å². The van der Waals surface area contributed by atoms with Crippen LogP contribution < -0.4 is 4.72 Å². The van der Waals surface area contributed by atoms with Gasteiger partial charge >= 0.3 is 5.97 Å². The van der Waals surface area contributed by atoms with Gasteiger partial charge in [-0.05, 0) is 72.2 Å². The first kappa shape index (κ1) is 23.0. The zero-order valence-corrected chi connectivity index (χ0v) is 18.0. The number of rotatable bonds is 9. The Balaban J connectivity index is 1.81. The van der Waals surface area contributed by atoms with E-state index in [9.17, 15) is 23.3 Å². The second-order valence-electron chi connectivity index (χ2n) is 7.25. The Kier molecular flexibility index (Phi) is 7.14. The first-order valence-corrected chi connectivity index (χ1v) is 11.4. The average Bonchev–Trinajstić information content (AvgIpc) is 2.70. The lowest BCUT2D eigenvalue weighted by atomic mass is 9.82. The molecule has 0 fully saturated rings. The number of halogens is 1. The van der Waals surface area contributed by atoms with E-state index in [4.69, 9.17) is 16.7 Å². The minimum atomic E-state index is -3.72. The molecule has 2 aromatic rings. The van der Waals surface area contributed by atoms with Crippen molar-refractivity contribution in [3.05, 3.63) is 73.8 Å². The predicted molar refractivity (Wildman–Crippen MR) is 112 cm³/mol. The van der Waals surface area contributed by atoms with Gasteiger partial charge in [0.2, 0.25) is 10.0 Å². The molecule has 11 heteroatoms. The van der Waals surface area contributed by atoms with E-state index in [0.717, 1.165) is 16.7 Å². The van der Waals surface area contributed by atoms with Crippen LogP contribution in [0.2, 0.25) is 5.02 Å². The molecule has 0 saturated heterocycles. The summed E-state index contributed by atoms with van der Waals surface area (Å²) in [6.07, 6.45) is 1.56. The number of fused-ring (bicyclic) bond motifs is 1. The number of sulfonamides is 1. The van der Waals surface area contributed by atoms with Crippen LogP contribution in [0.5, 0.6) is 0 Å². The molecule has 0 heterocycles. The molecule has 0 aliphatic heterocycles. The van der Waals surface area contributed by atoms with Crippen molar-refractivity contribution in [3.63, 3.8) is 0 Å². The Bertz CT molecular complexity index is 1090. The number of aliphatic carboxylic acids is 1. The fourth-order valence-corrected chi connectivity index (χ4v) is 5.18. The van der Waals surface area contributed by atoms with Crippen LogP contribution in [0, 0.1) is 10.1 Å². The molecule has 0 radical (unpaired) electrons. The Labute approximate surface area is 184 Å². The molecule has 1 aliphatic carbocycles. The molecule has 0 saturated carbocycles. The van der Waals surface area contributed by atoms with Crippen molar-refractivity contribution in [2.24, 2.45) is 0 Å². The van der Waals surface area contributed by atoms with Crippen molar-refractivity contribution in [2.45, 2.75) is 49.6 Å². The van der Waals surface area contributed by atoms with Gasteiger partial charge in [0.1, 0.15) is 6.61 Å². The highest BCUT2D eigenvalue weighted by Crippen LogP contribution is 2.30. The van der Waals surface area contributed by atoms with Crippen molar-refractivity contribution < 1.29 is 28.2 Å². The Morgan fingerprint density at radius 1 is 1.26 bits per heavy atom. The number of hydrogen-bond acceptors (Lipinski definition) is 6. The van der Waals surface area contributed by atoms with E-state index >= 15 is 0 Å². The van der Waals surface area contributed by atoms with Gasteiger partial charge in [-0.1, -0.05) is 23.7 Å². The van der Waals surface area contributed by atoms with E-state index in [0.29, 0.717) is 29.8 Å². The summed E-state index contributed by atoms with van der Waals surface area (Å²) < 4.78 is 28.1. The monoisotopic (exact) mass is 468 g/mol. The number of carboxylic acid groups (broad SMARTS) is 1. The van der Waals surface area contributed by atoms with Gasteiger partial charge in [-0.3, -0.25) is 4.79 Å². The van der Waals surface area contributed by atoms with E-state index in [2.05, 4.69) is 9.56 Å². The van der Waals surface area contributed by atoms with E-state index in [-0.39, 0.29) is 30.4 Å². The normalized spacial score (nSPS) is 15.8. The van der Waals surface area contributed by atoms with Crippen LogP contribution in [-0.4, -0.2) is 30.6 Å². The standard InChI is InChI=1S/C20H21ClN2O7S/c21-15-3-6-17(7-4-15)31(28,29)22-16-5-8-18-13(11-16)1-2-14(12-30-23(26)27)19(18)9-10-20(24)25/h1-4,6-7,16,22H,5,8-12H2,(H,24,25). The number of nitrogens with zero attached hydrogens (tertiary/aromatic N) is 1. The smallest absolute Gasteiger partial charge is 0.303 e. The largest absolute Gasteiger partial charge is 0.481 e. The number of hydrogen-bond donors (Lipinski definition) is 2. The van der Waals surface area contributed by atoms with Crippen LogP contribution in [0.15, 0.2) is 41.3 Å². The molecule has 0 bridgehead atoms. The third kappa shape index (κ3) is 5.93. The number of benzene rings is 2. The first-order chi connectivity index (χ1) is 14.7. The van der Waals surface area contributed by atoms with Gasteiger partial charge in [-0.2, -0.15) is 0 Å². The first-order valence-electron chi connectivity index (χ1n) is 9.55. The van der Waals surface area contributed by atoms with E-state index in [1.807, 2.05) is 0 Å². The second-order valence-corrected chi connectivity index (χ2v) is 9.40. The van der Waals surface area contributed by atoms with Crippen LogP contribution in [0.4, 0.5) is 0 Å². The van der Waals surface area contributed by atoms with Gasteiger partial charge in [0, 0.05) is 17.5 Å². The summed E-state index contributed by atoms with van der Waals surface area (Å²) in [5, 5.41) is 19.2. The van der Waals surface area contributed by atoms with Crippen molar-refractivity contribution in [1.82, 2.24) is 4.72 Å². The predicted octanol–water partition coefficient (Wildman–Crippen LogP) is 2.90. The molecule has 1 aliphatic rings. The highest BCUT2D eigenvalue weighted by atomic mass is 35.5. The molecular formula is C20H21ClN2O7S. The average molecular weight is 469 g/mol. The van der Waals surface area contributed by atoms with Crippen molar-refractivity contribution in [2.75, 3.05) is 0 Å². The summed E-state index contributed by atoms with van der Waals surface area (Å²) in [5.41, 5.74) is 3.09. The van der Waals surface area contributed by atoms with Crippen molar-refractivity contribution >= 4 is 27.6 Å². The summed E-state index contributed by atoms with van der Waals surface area (Å²) in [6.45, 7) is -0.262. The minimum absolute atomic E-state index is 0.117. The Morgan fingerprint density at radius 2 is 1.97 bits per heavy atom. The summed E-state index contributed by atoms with van der Waals surface area (Å²) >= 11 is 5.82. The third-order valence-electron chi connectivity index (χ3n) is 5.19. The van der Waals surface area contributed by atoms with Gasteiger partial charge in [-0.15, -0.1) is 10.1 Å². The number of carboxylic acids is 1. The van der Waals surface area contributed by atoms with Gasteiger partial charge in [0.05, 0.1) is 4.90 Å². The summed E-state index contributed by atoms with van der Waals surface area (Å²) in [6, 6.07) is 9.03. The van der Waals surface area contributed by atoms with E-state index < -0.39 is 21.1 Å². The SMILES string of the molecule is O=C(O)CCc1c(CO[N+](=O)[O-])ccc2c1CCC(NS(=O)(=O)c1ccc(Cl)cc1)C2. The topological polar surface area (TPSA) is 136 Å². The molecule has 1 unspecified atom stereocenters. The molecule has 2 aromatic carbocycles. The van der Waals surface area contributed by atoms with Gasteiger partial charge < -0.3 is 9.94 Å². The van der Waals surface area contributed by atoms with Crippen LogP contribution >= 0.6 is 11.6 Å². The number of carbonyl (C=O) groups is 1. The fourth-order valence-electron chi connectivity index (χ4n) is 3.78. The molecule has 0 spiro atoms. The van der Waals surface area contributed by atoms with E-state index in [1.165, 1.54) is 24.3 Å². The lowest BCUT2D eigenvalue weighted by Gasteiger charge is -2.28. The third-order valence-corrected chi connectivity index (χ3v) is 6.98. The zero-order chi connectivity index (χ0) is 22.6. The van der Waals surface area contributed by atoms with Crippen LogP contribution in [0.1, 0.15) is 35.1 Å². The van der Waals surface area contributed by atoms with Crippen molar-refractivity contribution in [1.29, 1.82) is 0 Å². The molecule has 2 N–H and O–H groups in total. The van der Waals surface area contributed by atoms with Crippen molar-refractivity contribution in [3.8, 4) is 0 Å². The van der Waals surface area contributed by atoms with Crippen LogP contribution in [0.25, 0.3) is 0 Å². The number of nitrogens with one attached hydrogen (secondary N) is 1. The maximum absolute atomic E-state index is 12.7. The van der Waals surface area contributed by atoms with Gasteiger partial charge in [0.15, 0.2) is 0 Å². The molecule has 0 amide bonds. The zero-order valence-electron chi connectivity index (χ0n) is 16.4. The molecule has 3 rings (SSSR count). The van der Waals surface area contributed by atoms with Crippen LogP contribution in [0.3, 0.4) is 0 Å². The molecule has 0 aromatic heterocycles. The van der Waals surface area contributed by atoms with Gasteiger partial charge in [0.25, 0.3) is 5.09 Å². The maximum Gasteiger partial charge on any atom is 0.303 e. The lowest BCUT2D eigenvalue weighted by Crippen LogP contribution is -2.39. The second kappa shape index (κ2) is 9.63. The lowest BCUT2D eigenvalue weighted by molar-refractivity contribution is -0.763. The highest BCUT2D eigenvalue weighted by molar-refractivity contribution is 7.89. The summed E-state index contributed by atoms with van der Waals surface area (Å²) in [5.74, 6) is -0.969. The maximum atomic E-state index is 12.7. The fraction of sp³-hybridized carbons (Fsp3) is 0.350. The Morgan fingerprint density at radius 3 is 2.61 bits per heavy atom. The van der Waals surface area contributed by atoms with Crippen LogP contribution in [-0.2, 0) is 45.5 Å². The summed E-state index contributed by atoms with van der Waals surface area (Å²) in [7, 11) is -3.72. The molecule has 9 nitrogen and oxygen atoms in total.